The summed E-state index contributed by atoms with van der Waals surface area (Å²) < 4.78 is 0. The minimum Gasteiger partial charge on any atom is -0.409 e. The number of hydrogen-bond acceptors (Lipinski definition) is 6. The van der Waals surface area contributed by atoms with Gasteiger partial charge in [0.1, 0.15) is 5.69 Å². The summed E-state index contributed by atoms with van der Waals surface area (Å²) in [6.45, 7) is 4.16. The van der Waals surface area contributed by atoms with Gasteiger partial charge in [-0.25, -0.2) is 9.97 Å². The Kier molecular flexibility index (Phi) is 4.85. The van der Waals surface area contributed by atoms with E-state index in [9.17, 15) is 5.11 Å². The number of aryl methyl sites for hydroxylation is 1. The summed E-state index contributed by atoms with van der Waals surface area (Å²) >= 11 is 0. The van der Waals surface area contributed by atoms with Crippen LogP contribution in [0.1, 0.15) is 24.7 Å². The Balaban J connectivity index is 2.92. The second-order valence-corrected chi connectivity index (χ2v) is 4.24. The second-order valence-electron chi connectivity index (χ2n) is 4.24. The third kappa shape index (κ3) is 3.85. The molecular formula is C11H19N5O2. The van der Waals surface area contributed by atoms with Crippen LogP contribution in [0.3, 0.4) is 0 Å². The Bertz CT molecular complexity index is 433. The molecule has 0 aromatic carbocycles. The number of aliphatic hydroxyl groups is 1. The van der Waals surface area contributed by atoms with Gasteiger partial charge in [-0.05, 0) is 26.3 Å². The molecule has 100 valence electrons. The van der Waals surface area contributed by atoms with Gasteiger partial charge in [0.05, 0.1) is 6.10 Å². The molecule has 1 unspecified atom stereocenters. The number of rotatable bonds is 5. The monoisotopic (exact) mass is 253 g/mol. The van der Waals surface area contributed by atoms with Gasteiger partial charge in [0.2, 0.25) is 5.95 Å². The summed E-state index contributed by atoms with van der Waals surface area (Å²) in [6.07, 6.45) is 0.244. The molecule has 1 atom stereocenters. The number of nitrogens with two attached hydrogens (primary N) is 1. The van der Waals surface area contributed by atoms with Gasteiger partial charge in [0.25, 0.3) is 0 Å². The van der Waals surface area contributed by atoms with E-state index in [2.05, 4.69) is 15.1 Å². The number of nitrogens with zero attached hydrogens (tertiary/aromatic N) is 4. The molecule has 0 aliphatic rings. The lowest BCUT2D eigenvalue weighted by Gasteiger charge is -2.18. The van der Waals surface area contributed by atoms with E-state index < -0.39 is 0 Å². The van der Waals surface area contributed by atoms with Gasteiger partial charge >= 0.3 is 0 Å². The van der Waals surface area contributed by atoms with Gasteiger partial charge in [0.15, 0.2) is 5.84 Å². The smallest absolute Gasteiger partial charge is 0.225 e. The van der Waals surface area contributed by atoms with E-state index in [4.69, 9.17) is 10.9 Å². The summed E-state index contributed by atoms with van der Waals surface area (Å²) in [5.41, 5.74) is 6.61. The number of aliphatic hydroxyl groups excluding tert-OH is 1. The number of oxime groups is 1. The maximum atomic E-state index is 9.24. The van der Waals surface area contributed by atoms with E-state index >= 15 is 0 Å². The molecule has 4 N–H and O–H groups in total. The molecule has 0 amide bonds. The summed E-state index contributed by atoms with van der Waals surface area (Å²) in [7, 11) is 1.83. The normalized spacial score (nSPS) is 13.4. The molecule has 1 aromatic rings. The number of anilines is 1. The van der Waals surface area contributed by atoms with Crippen LogP contribution in [-0.4, -0.2) is 45.8 Å². The van der Waals surface area contributed by atoms with Crippen LogP contribution in [0.5, 0.6) is 0 Å². The average molecular weight is 253 g/mol. The molecule has 0 spiro atoms. The Morgan fingerprint density at radius 3 is 2.78 bits per heavy atom. The Morgan fingerprint density at radius 2 is 2.22 bits per heavy atom. The second kappa shape index (κ2) is 6.15. The van der Waals surface area contributed by atoms with Crippen molar-refractivity contribution >= 4 is 11.8 Å². The van der Waals surface area contributed by atoms with Crippen molar-refractivity contribution in [2.75, 3.05) is 18.5 Å². The van der Waals surface area contributed by atoms with Crippen LogP contribution in [0.15, 0.2) is 11.2 Å². The first-order valence-corrected chi connectivity index (χ1v) is 5.66. The van der Waals surface area contributed by atoms with Gasteiger partial charge in [0, 0.05) is 19.3 Å². The topological polar surface area (TPSA) is 108 Å². The van der Waals surface area contributed by atoms with Crippen molar-refractivity contribution in [1.82, 2.24) is 9.97 Å². The van der Waals surface area contributed by atoms with E-state index in [1.807, 2.05) is 18.9 Å². The number of aromatic nitrogens is 2. The summed E-state index contributed by atoms with van der Waals surface area (Å²) in [5.74, 6) is 0.433. The average Bonchev–Trinajstić information content (AvgIpc) is 2.34. The molecule has 7 heteroatoms. The first kappa shape index (κ1) is 14.2. The van der Waals surface area contributed by atoms with Crippen LogP contribution >= 0.6 is 0 Å². The maximum Gasteiger partial charge on any atom is 0.225 e. The third-order valence-electron chi connectivity index (χ3n) is 2.44. The highest BCUT2D eigenvalue weighted by Crippen LogP contribution is 2.09. The van der Waals surface area contributed by atoms with Gasteiger partial charge in [-0.2, -0.15) is 0 Å². The van der Waals surface area contributed by atoms with Crippen molar-refractivity contribution in [3.63, 3.8) is 0 Å². The Labute approximate surface area is 106 Å². The summed E-state index contributed by atoms with van der Waals surface area (Å²) in [5, 5.41) is 20.8. The molecule has 0 aliphatic heterocycles. The third-order valence-corrected chi connectivity index (χ3v) is 2.44. The van der Waals surface area contributed by atoms with Gasteiger partial charge in [-0.1, -0.05) is 5.16 Å². The zero-order chi connectivity index (χ0) is 13.7. The van der Waals surface area contributed by atoms with Crippen LogP contribution in [-0.2, 0) is 0 Å². The number of amidine groups is 1. The van der Waals surface area contributed by atoms with Crippen LogP contribution in [0.2, 0.25) is 0 Å². The Hall–Kier alpha value is -1.89. The van der Waals surface area contributed by atoms with Crippen LogP contribution < -0.4 is 10.6 Å². The fourth-order valence-electron chi connectivity index (χ4n) is 1.39. The van der Waals surface area contributed by atoms with Crippen LogP contribution in [0, 0.1) is 6.92 Å². The Morgan fingerprint density at radius 1 is 1.56 bits per heavy atom. The van der Waals surface area contributed by atoms with Crippen LogP contribution in [0.4, 0.5) is 5.95 Å². The highest BCUT2D eigenvalue weighted by molar-refractivity contribution is 5.95. The molecule has 0 radical (unpaired) electrons. The predicted octanol–water partition coefficient (Wildman–Crippen LogP) is 0.0866. The van der Waals surface area contributed by atoms with Crippen LogP contribution in [0.25, 0.3) is 0 Å². The number of hydrogen-bond donors (Lipinski definition) is 3. The van der Waals surface area contributed by atoms with E-state index in [0.717, 1.165) is 5.69 Å². The largest absolute Gasteiger partial charge is 0.409 e. The molecule has 1 heterocycles. The summed E-state index contributed by atoms with van der Waals surface area (Å²) in [4.78, 5) is 10.3. The molecule has 7 nitrogen and oxygen atoms in total. The quantitative estimate of drug-likeness (QED) is 0.297. The van der Waals surface area contributed by atoms with Gasteiger partial charge in [-0.3, -0.25) is 0 Å². The minimum absolute atomic E-state index is 0.0503. The lowest BCUT2D eigenvalue weighted by atomic mass is 10.3. The van der Waals surface area contributed by atoms with E-state index in [1.165, 1.54) is 0 Å². The van der Waals surface area contributed by atoms with Crippen molar-refractivity contribution in [3.8, 4) is 0 Å². The lowest BCUT2D eigenvalue weighted by molar-refractivity contribution is 0.186. The zero-order valence-corrected chi connectivity index (χ0v) is 10.8. The van der Waals surface area contributed by atoms with Gasteiger partial charge in [-0.15, -0.1) is 0 Å². The minimum atomic E-state index is -0.374. The SMILES string of the molecule is Cc1cc(/C(N)=N/O)nc(N(C)CCC(C)O)n1. The summed E-state index contributed by atoms with van der Waals surface area (Å²) in [6, 6.07) is 1.64. The predicted molar refractivity (Wildman–Crippen MR) is 68.8 cm³/mol. The molecule has 0 bridgehead atoms. The van der Waals surface area contributed by atoms with Crippen molar-refractivity contribution in [1.29, 1.82) is 0 Å². The van der Waals surface area contributed by atoms with Crippen molar-refractivity contribution in [3.05, 3.63) is 17.5 Å². The van der Waals surface area contributed by atoms with E-state index in [1.54, 1.807) is 13.0 Å². The van der Waals surface area contributed by atoms with E-state index in [0.29, 0.717) is 24.6 Å². The van der Waals surface area contributed by atoms with Gasteiger partial charge < -0.3 is 20.9 Å². The molecule has 1 rings (SSSR count). The molecular weight excluding hydrogens is 234 g/mol. The molecule has 1 aromatic heterocycles. The zero-order valence-electron chi connectivity index (χ0n) is 10.8. The van der Waals surface area contributed by atoms with Crippen molar-refractivity contribution < 1.29 is 10.3 Å². The molecule has 18 heavy (non-hydrogen) atoms. The molecule has 0 aliphatic carbocycles. The fraction of sp³-hybridized carbons (Fsp3) is 0.545. The highest BCUT2D eigenvalue weighted by atomic mass is 16.4. The fourth-order valence-corrected chi connectivity index (χ4v) is 1.39. The van der Waals surface area contributed by atoms with Crippen molar-refractivity contribution in [2.45, 2.75) is 26.4 Å². The first-order chi connectivity index (χ1) is 8.43. The maximum absolute atomic E-state index is 9.24. The molecule has 0 fully saturated rings. The highest BCUT2D eigenvalue weighted by Gasteiger charge is 2.10. The standard InChI is InChI=1S/C11H19N5O2/c1-7-6-9(10(12)15-18)14-11(13-7)16(3)5-4-8(2)17/h6,8,17-18H,4-5H2,1-3H3,(H2,12,15). The molecule has 0 saturated heterocycles. The van der Waals surface area contributed by atoms with E-state index in [-0.39, 0.29) is 11.9 Å². The molecule has 0 saturated carbocycles. The lowest BCUT2D eigenvalue weighted by Crippen LogP contribution is -2.25. The van der Waals surface area contributed by atoms with Crippen molar-refractivity contribution in [2.24, 2.45) is 10.9 Å². The first-order valence-electron chi connectivity index (χ1n) is 5.66.